The number of nitrogens with zero attached hydrogens (tertiary/aromatic N) is 2. The molecule has 1 heterocycles. The molecule has 0 aliphatic heterocycles. The molecule has 0 saturated heterocycles. The summed E-state index contributed by atoms with van der Waals surface area (Å²) in [6.07, 6.45) is 3.16. The van der Waals surface area contributed by atoms with E-state index in [1.807, 2.05) is 6.92 Å². The van der Waals surface area contributed by atoms with Gasteiger partial charge in [-0.3, -0.25) is 0 Å². The van der Waals surface area contributed by atoms with Crippen molar-refractivity contribution in [3.8, 4) is 0 Å². The molecule has 1 N–H and O–H groups in total. The predicted octanol–water partition coefficient (Wildman–Crippen LogP) is 1.56. The van der Waals surface area contributed by atoms with E-state index in [2.05, 4.69) is 4.98 Å². The number of esters is 1. The van der Waals surface area contributed by atoms with E-state index in [1.165, 1.54) is 10.9 Å². The summed E-state index contributed by atoms with van der Waals surface area (Å²) in [6.45, 7) is 4.45. The minimum atomic E-state index is -1.22. The first-order chi connectivity index (χ1) is 8.11. The van der Waals surface area contributed by atoms with E-state index >= 15 is 0 Å². The van der Waals surface area contributed by atoms with Gasteiger partial charge < -0.3 is 14.4 Å². The van der Waals surface area contributed by atoms with Gasteiger partial charge in [0.25, 0.3) is 0 Å². The number of carboxylic acids is 1. The lowest BCUT2D eigenvalue weighted by Crippen LogP contribution is -2.16. The highest BCUT2D eigenvalue weighted by Crippen LogP contribution is 2.11. The molecule has 0 bridgehead atoms. The van der Waals surface area contributed by atoms with Gasteiger partial charge >= 0.3 is 11.9 Å². The summed E-state index contributed by atoms with van der Waals surface area (Å²) in [5, 5.41) is 8.94. The molecule has 6 nitrogen and oxygen atoms in total. The number of hydrogen-bond acceptors (Lipinski definition) is 4. The van der Waals surface area contributed by atoms with Gasteiger partial charge in [-0.15, -0.1) is 0 Å². The Morgan fingerprint density at radius 3 is 2.71 bits per heavy atom. The molecule has 0 fully saturated rings. The van der Waals surface area contributed by atoms with Crippen molar-refractivity contribution in [2.45, 2.75) is 33.2 Å². The predicted molar refractivity (Wildman–Crippen MR) is 60.1 cm³/mol. The van der Waals surface area contributed by atoms with Gasteiger partial charge in [-0.05, 0) is 13.3 Å². The number of ether oxygens (including phenoxy) is 1. The maximum Gasteiger partial charge on any atom is 0.357 e. The lowest BCUT2D eigenvalue weighted by atomic mass is 10.3. The molecule has 1 aromatic rings. The van der Waals surface area contributed by atoms with Crippen molar-refractivity contribution in [2.75, 3.05) is 6.61 Å². The Morgan fingerprint density at radius 2 is 2.18 bits per heavy atom. The van der Waals surface area contributed by atoms with Crippen LogP contribution in [0.5, 0.6) is 0 Å². The van der Waals surface area contributed by atoms with E-state index < -0.39 is 11.9 Å². The standard InChI is InChI=1S/C11H16N2O4/c1-3-5-6-13-7-12-8(10(14)15)9(13)11(16)17-4-2/h7H,3-6H2,1-2H3,(H,14,15). The number of hydrogen-bond donors (Lipinski definition) is 1. The van der Waals surface area contributed by atoms with Crippen molar-refractivity contribution in [1.29, 1.82) is 0 Å². The molecule has 0 saturated carbocycles. The van der Waals surface area contributed by atoms with Gasteiger partial charge in [0.15, 0.2) is 11.4 Å². The van der Waals surface area contributed by atoms with Crippen LogP contribution in [0.2, 0.25) is 0 Å². The topological polar surface area (TPSA) is 81.4 Å². The number of rotatable bonds is 6. The lowest BCUT2D eigenvalue weighted by molar-refractivity contribution is 0.0501. The number of carboxylic acid groups (broad SMARTS) is 1. The summed E-state index contributed by atoms with van der Waals surface area (Å²) in [4.78, 5) is 26.3. The van der Waals surface area contributed by atoms with Crippen molar-refractivity contribution < 1.29 is 19.4 Å². The maximum atomic E-state index is 11.7. The van der Waals surface area contributed by atoms with Gasteiger partial charge in [-0.1, -0.05) is 13.3 Å². The average Bonchev–Trinajstić information content (AvgIpc) is 2.70. The molecule has 0 aliphatic carbocycles. The minimum Gasteiger partial charge on any atom is -0.476 e. The monoisotopic (exact) mass is 240 g/mol. The summed E-state index contributed by atoms with van der Waals surface area (Å²) in [5.41, 5.74) is -0.229. The number of carbonyl (C=O) groups is 2. The van der Waals surface area contributed by atoms with Gasteiger partial charge in [0.2, 0.25) is 0 Å². The fourth-order valence-electron chi connectivity index (χ4n) is 1.45. The van der Waals surface area contributed by atoms with Crippen LogP contribution in [0.15, 0.2) is 6.33 Å². The smallest absolute Gasteiger partial charge is 0.357 e. The third-order valence-electron chi connectivity index (χ3n) is 2.26. The Labute approximate surface area is 99.2 Å². The molecule has 0 unspecified atom stereocenters. The number of imidazole rings is 1. The molecule has 0 aromatic carbocycles. The summed E-state index contributed by atoms with van der Waals surface area (Å²) in [5.74, 6) is -1.86. The van der Waals surface area contributed by atoms with E-state index in [-0.39, 0.29) is 18.0 Å². The Balaban J connectivity index is 3.05. The number of aromatic nitrogens is 2. The van der Waals surface area contributed by atoms with Crippen molar-refractivity contribution in [3.05, 3.63) is 17.7 Å². The second-order valence-corrected chi connectivity index (χ2v) is 3.51. The molecule has 1 rings (SSSR count). The molecule has 1 aromatic heterocycles. The SMILES string of the molecule is CCCCn1cnc(C(=O)O)c1C(=O)OCC. The minimum absolute atomic E-state index is 0.0211. The fourth-order valence-corrected chi connectivity index (χ4v) is 1.45. The van der Waals surface area contributed by atoms with Crippen LogP contribution in [0.25, 0.3) is 0 Å². The molecule has 17 heavy (non-hydrogen) atoms. The zero-order valence-corrected chi connectivity index (χ0v) is 9.97. The molecule has 6 heteroatoms. The van der Waals surface area contributed by atoms with Crippen LogP contribution in [0.3, 0.4) is 0 Å². The van der Waals surface area contributed by atoms with Gasteiger partial charge in [0.05, 0.1) is 12.9 Å². The second-order valence-electron chi connectivity index (χ2n) is 3.51. The van der Waals surface area contributed by atoms with Gasteiger partial charge in [-0.25, -0.2) is 14.6 Å². The Morgan fingerprint density at radius 1 is 1.47 bits per heavy atom. The Hall–Kier alpha value is -1.85. The normalized spacial score (nSPS) is 10.2. The van der Waals surface area contributed by atoms with Crippen LogP contribution in [-0.4, -0.2) is 33.2 Å². The highest BCUT2D eigenvalue weighted by molar-refractivity contribution is 5.99. The molecule has 94 valence electrons. The zero-order valence-electron chi connectivity index (χ0n) is 9.97. The molecule has 0 radical (unpaired) electrons. The highest BCUT2D eigenvalue weighted by Gasteiger charge is 2.24. The number of carbonyl (C=O) groups excluding carboxylic acids is 1. The molecule has 0 aliphatic rings. The van der Waals surface area contributed by atoms with Crippen molar-refractivity contribution >= 4 is 11.9 Å². The second kappa shape index (κ2) is 6.03. The largest absolute Gasteiger partial charge is 0.476 e. The van der Waals surface area contributed by atoms with Crippen LogP contribution >= 0.6 is 0 Å². The van der Waals surface area contributed by atoms with E-state index in [0.29, 0.717) is 6.54 Å². The molecule has 0 atom stereocenters. The first-order valence-corrected chi connectivity index (χ1v) is 5.57. The van der Waals surface area contributed by atoms with E-state index in [1.54, 1.807) is 6.92 Å². The summed E-state index contributed by atoms with van der Waals surface area (Å²) >= 11 is 0. The van der Waals surface area contributed by atoms with Gasteiger partial charge in [0.1, 0.15) is 0 Å². The summed E-state index contributed by atoms with van der Waals surface area (Å²) < 4.78 is 6.37. The Kier molecular flexibility index (Phi) is 4.68. The van der Waals surface area contributed by atoms with E-state index in [9.17, 15) is 9.59 Å². The fraction of sp³-hybridized carbons (Fsp3) is 0.545. The highest BCUT2D eigenvalue weighted by atomic mass is 16.5. The quantitative estimate of drug-likeness (QED) is 0.763. The maximum absolute atomic E-state index is 11.7. The van der Waals surface area contributed by atoms with E-state index in [4.69, 9.17) is 9.84 Å². The number of unbranched alkanes of at least 4 members (excludes halogenated alkanes) is 1. The molecular weight excluding hydrogens is 224 g/mol. The number of aryl methyl sites for hydroxylation is 1. The third kappa shape index (κ3) is 3.05. The molecule has 0 spiro atoms. The summed E-state index contributed by atoms with van der Waals surface area (Å²) in [6, 6.07) is 0. The van der Waals surface area contributed by atoms with Crippen LogP contribution in [0.4, 0.5) is 0 Å². The molecular formula is C11H16N2O4. The molecule has 0 amide bonds. The van der Waals surface area contributed by atoms with Crippen LogP contribution in [-0.2, 0) is 11.3 Å². The average molecular weight is 240 g/mol. The van der Waals surface area contributed by atoms with Crippen LogP contribution < -0.4 is 0 Å². The van der Waals surface area contributed by atoms with Crippen molar-refractivity contribution in [3.63, 3.8) is 0 Å². The zero-order chi connectivity index (χ0) is 12.8. The number of aromatic carboxylic acids is 1. The first kappa shape index (κ1) is 13.2. The Bertz CT molecular complexity index is 412. The van der Waals surface area contributed by atoms with Gasteiger partial charge in [-0.2, -0.15) is 0 Å². The first-order valence-electron chi connectivity index (χ1n) is 5.57. The van der Waals surface area contributed by atoms with Crippen molar-refractivity contribution in [1.82, 2.24) is 9.55 Å². The van der Waals surface area contributed by atoms with Gasteiger partial charge in [0, 0.05) is 6.54 Å². The van der Waals surface area contributed by atoms with Crippen molar-refractivity contribution in [2.24, 2.45) is 0 Å². The third-order valence-corrected chi connectivity index (χ3v) is 2.26. The van der Waals surface area contributed by atoms with Crippen LogP contribution in [0, 0.1) is 0 Å². The van der Waals surface area contributed by atoms with Crippen LogP contribution in [0.1, 0.15) is 47.7 Å². The lowest BCUT2D eigenvalue weighted by Gasteiger charge is -2.07. The van der Waals surface area contributed by atoms with E-state index in [0.717, 1.165) is 12.8 Å². The summed E-state index contributed by atoms with van der Waals surface area (Å²) in [7, 11) is 0.